The maximum Gasteiger partial charge on any atom is 0.417 e. The van der Waals surface area contributed by atoms with Crippen molar-refractivity contribution in [2.75, 3.05) is 5.32 Å². The maximum absolute atomic E-state index is 12.8. The maximum atomic E-state index is 12.8. The van der Waals surface area contributed by atoms with Gasteiger partial charge in [0.15, 0.2) is 0 Å². The van der Waals surface area contributed by atoms with Gasteiger partial charge in [0.05, 0.1) is 9.90 Å². The van der Waals surface area contributed by atoms with Gasteiger partial charge in [0.2, 0.25) is 0 Å². The number of thiophene rings is 1. The van der Waals surface area contributed by atoms with E-state index >= 15 is 0 Å². The van der Waals surface area contributed by atoms with E-state index in [4.69, 9.17) is 29.6 Å². The van der Waals surface area contributed by atoms with Crippen LogP contribution in [0, 0.1) is 0 Å². The van der Waals surface area contributed by atoms with Crippen molar-refractivity contribution in [1.29, 1.82) is 0 Å². The molecule has 0 aliphatic heterocycles. The van der Waals surface area contributed by atoms with Gasteiger partial charge in [-0.1, -0.05) is 23.8 Å². The Labute approximate surface area is 133 Å². The molecule has 3 N–H and O–H groups in total. The van der Waals surface area contributed by atoms with E-state index < -0.39 is 11.7 Å². The summed E-state index contributed by atoms with van der Waals surface area (Å²) in [6, 6.07) is 7.23. The van der Waals surface area contributed by atoms with Crippen molar-refractivity contribution in [3.8, 4) is 0 Å². The van der Waals surface area contributed by atoms with E-state index in [1.165, 1.54) is 23.5 Å². The molecule has 2 aromatic rings. The third kappa shape index (κ3) is 4.09. The predicted octanol–water partition coefficient (Wildman–Crippen LogP) is 4.67. The van der Waals surface area contributed by atoms with Gasteiger partial charge in [-0.3, -0.25) is 0 Å². The van der Waals surface area contributed by atoms with E-state index in [-0.39, 0.29) is 10.6 Å². The average molecular weight is 351 g/mol. The smallest absolute Gasteiger partial charge is 0.389 e. The van der Waals surface area contributed by atoms with Crippen LogP contribution in [0.1, 0.15) is 16.0 Å². The number of halogens is 4. The number of nitrogens with two attached hydrogens (primary N) is 1. The van der Waals surface area contributed by atoms with Crippen LogP contribution in [-0.4, -0.2) is 4.99 Å². The lowest BCUT2D eigenvalue weighted by Crippen LogP contribution is -2.18. The van der Waals surface area contributed by atoms with Gasteiger partial charge in [-0.2, -0.15) is 13.2 Å². The Balaban J connectivity index is 2.22. The third-order valence-corrected chi connectivity index (χ3v) is 4.14. The number of alkyl halides is 3. The van der Waals surface area contributed by atoms with Gasteiger partial charge in [-0.25, -0.2) is 0 Å². The largest absolute Gasteiger partial charge is 0.417 e. The highest BCUT2D eigenvalue weighted by molar-refractivity contribution is 7.80. The summed E-state index contributed by atoms with van der Waals surface area (Å²) in [6.45, 7) is 0.458. The topological polar surface area (TPSA) is 38.0 Å². The van der Waals surface area contributed by atoms with Gasteiger partial charge in [0.25, 0.3) is 0 Å². The molecule has 0 saturated heterocycles. The van der Waals surface area contributed by atoms with Gasteiger partial charge < -0.3 is 11.1 Å². The summed E-state index contributed by atoms with van der Waals surface area (Å²) >= 11 is 11.9. The van der Waals surface area contributed by atoms with Gasteiger partial charge in [-0.15, -0.1) is 11.3 Å². The molecule has 8 heteroatoms. The van der Waals surface area contributed by atoms with E-state index in [2.05, 4.69) is 5.32 Å². The summed E-state index contributed by atoms with van der Waals surface area (Å²) in [5.41, 5.74) is 4.87. The number of thiocarbonyl (C=S) groups is 1. The summed E-state index contributed by atoms with van der Waals surface area (Å²) in [5.74, 6) is 0. The number of nitrogens with one attached hydrogen (secondary N) is 1. The van der Waals surface area contributed by atoms with Crippen molar-refractivity contribution in [2.45, 2.75) is 12.7 Å². The van der Waals surface area contributed by atoms with Crippen LogP contribution in [0.25, 0.3) is 0 Å². The lowest BCUT2D eigenvalue weighted by atomic mass is 10.1. The van der Waals surface area contributed by atoms with Crippen molar-refractivity contribution in [3.05, 3.63) is 50.7 Å². The molecule has 0 fully saturated rings. The predicted molar refractivity (Wildman–Crippen MR) is 84.0 cm³/mol. The molecule has 0 bridgehead atoms. The SMILES string of the molecule is NC(=S)c1cc(NCc2ccc(Cl)s2)ccc1C(F)(F)F. The van der Waals surface area contributed by atoms with E-state index in [1.807, 2.05) is 6.07 Å². The summed E-state index contributed by atoms with van der Waals surface area (Å²) in [7, 11) is 0. The Bertz CT molecular complexity index is 668. The van der Waals surface area contributed by atoms with Crippen LogP contribution < -0.4 is 11.1 Å². The van der Waals surface area contributed by atoms with Crippen molar-refractivity contribution in [3.63, 3.8) is 0 Å². The number of hydrogen-bond acceptors (Lipinski definition) is 3. The Morgan fingerprint density at radius 1 is 1.29 bits per heavy atom. The second-order valence-corrected chi connectivity index (χ2v) is 6.42. The number of anilines is 1. The molecular weight excluding hydrogens is 341 g/mol. The molecule has 0 spiro atoms. The van der Waals surface area contributed by atoms with E-state index in [1.54, 1.807) is 6.07 Å². The molecule has 2 rings (SSSR count). The van der Waals surface area contributed by atoms with Crippen LogP contribution in [0.5, 0.6) is 0 Å². The minimum absolute atomic E-state index is 0.188. The van der Waals surface area contributed by atoms with Crippen molar-refractivity contribution >= 4 is 45.8 Å². The van der Waals surface area contributed by atoms with Gasteiger partial charge in [0.1, 0.15) is 4.99 Å². The van der Waals surface area contributed by atoms with Gasteiger partial charge >= 0.3 is 6.18 Å². The van der Waals surface area contributed by atoms with Crippen LogP contribution in [0.4, 0.5) is 18.9 Å². The summed E-state index contributed by atoms with van der Waals surface area (Å²) < 4.78 is 39.2. The Morgan fingerprint density at radius 3 is 2.52 bits per heavy atom. The second kappa shape index (κ2) is 6.21. The first kappa shape index (κ1) is 16.1. The third-order valence-electron chi connectivity index (χ3n) is 2.69. The molecule has 0 aliphatic carbocycles. The summed E-state index contributed by atoms with van der Waals surface area (Å²) in [5, 5.41) is 3.02. The molecule has 0 atom stereocenters. The van der Waals surface area contributed by atoms with E-state index in [0.717, 1.165) is 10.9 Å². The minimum atomic E-state index is -4.49. The van der Waals surface area contributed by atoms with Crippen LogP contribution in [0.15, 0.2) is 30.3 Å². The zero-order valence-corrected chi connectivity index (χ0v) is 12.9. The first-order chi connectivity index (χ1) is 9.77. The molecule has 1 aromatic heterocycles. The Kier molecular flexibility index (Phi) is 4.75. The molecule has 2 nitrogen and oxygen atoms in total. The molecule has 0 radical (unpaired) electrons. The molecule has 0 saturated carbocycles. The standard InChI is InChI=1S/C13H10ClF3N2S2/c14-11-4-2-8(21-11)6-19-7-1-3-10(13(15,16)17)9(5-7)12(18)20/h1-5,19H,6H2,(H2,18,20). The summed E-state index contributed by atoms with van der Waals surface area (Å²) in [4.78, 5) is 0.682. The minimum Gasteiger partial charge on any atom is -0.389 e. The number of rotatable bonds is 4. The monoisotopic (exact) mass is 350 g/mol. The van der Waals surface area contributed by atoms with Crippen LogP contribution in [0.3, 0.4) is 0 Å². The van der Waals surface area contributed by atoms with Crippen LogP contribution in [-0.2, 0) is 12.7 Å². The molecular formula is C13H10ClF3N2S2. The lowest BCUT2D eigenvalue weighted by Gasteiger charge is -2.14. The average Bonchev–Trinajstić information content (AvgIpc) is 2.80. The Hall–Kier alpha value is -1.31. The molecule has 0 unspecified atom stereocenters. The first-order valence-electron chi connectivity index (χ1n) is 5.76. The highest BCUT2D eigenvalue weighted by Gasteiger charge is 2.34. The van der Waals surface area contributed by atoms with E-state index in [0.29, 0.717) is 16.6 Å². The molecule has 21 heavy (non-hydrogen) atoms. The zero-order chi connectivity index (χ0) is 15.6. The molecule has 1 heterocycles. The fourth-order valence-corrected chi connectivity index (χ4v) is 2.94. The molecule has 0 amide bonds. The normalized spacial score (nSPS) is 11.4. The fraction of sp³-hybridized carbons (Fsp3) is 0.154. The first-order valence-corrected chi connectivity index (χ1v) is 7.37. The van der Waals surface area contributed by atoms with Crippen LogP contribution in [0.2, 0.25) is 4.34 Å². The molecule has 112 valence electrons. The van der Waals surface area contributed by atoms with Crippen molar-refractivity contribution in [1.82, 2.24) is 0 Å². The lowest BCUT2D eigenvalue weighted by molar-refractivity contribution is -0.137. The van der Waals surface area contributed by atoms with Crippen molar-refractivity contribution < 1.29 is 13.2 Å². The highest BCUT2D eigenvalue weighted by Crippen LogP contribution is 2.33. The molecule has 0 aliphatic rings. The highest BCUT2D eigenvalue weighted by atomic mass is 35.5. The zero-order valence-electron chi connectivity index (χ0n) is 10.5. The van der Waals surface area contributed by atoms with Gasteiger partial charge in [0, 0.05) is 22.7 Å². The van der Waals surface area contributed by atoms with Crippen LogP contribution >= 0.6 is 35.2 Å². The number of benzene rings is 1. The van der Waals surface area contributed by atoms with Crippen molar-refractivity contribution in [2.24, 2.45) is 5.73 Å². The molecule has 1 aromatic carbocycles. The van der Waals surface area contributed by atoms with E-state index in [9.17, 15) is 13.2 Å². The Morgan fingerprint density at radius 2 is 2.00 bits per heavy atom. The fourth-order valence-electron chi connectivity index (χ4n) is 1.74. The summed E-state index contributed by atoms with van der Waals surface area (Å²) in [6.07, 6.45) is -4.49. The number of hydrogen-bond donors (Lipinski definition) is 2. The quantitative estimate of drug-likeness (QED) is 0.787. The van der Waals surface area contributed by atoms with Gasteiger partial charge in [-0.05, 0) is 30.3 Å². The second-order valence-electron chi connectivity index (χ2n) is 4.18.